The maximum absolute atomic E-state index is 12.2. The van der Waals surface area contributed by atoms with Gasteiger partial charge in [0.2, 0.25) is 5.91 Å². The van der Waals surface area contributed by atoms with Gasteiger partial charge in [-0.25, -0.2) is 9.78 Å². The van der Waals surface area contributed by atoms with Crippen LogP contribution >= 0.6 is 11.8 Å². The number of nitrogens with one attached hydrogen (secondary N) is 4. The van der Waals surface area contributed by atoms with Gasteiger partial charge in [0.25, 0.3) is 0 Å². The van der Waals surface area contributed by atoms with Crippen LogP contribution in [-0.2, 0) is 4.79 Å². The summed E-state index contributed by atoms with van der Waals surface area (Å²) >= 11 is 1.91. The normalized spacial score (nSPS) is 25.1. The SMILES string of the molecule is C[C@H](NC(=O)CCCC[C@@H]1SC[C@@H]2NC(=O)N[C@@H]21)c1nc2ccccc2[nH]1. The van der Waals surface area contributed by atoms with Crippen molar-refractivity contribution in [2.45, 2.75) is 56.0 Å². The number of nitrogens with zero attached hydrogens (tertiary/aromatic N) is 1. The summed E-state index contributed by atoms with van der Waals surface area (Å²) in [5.41, 5.74) is 1.89. The number of imidazole rings is 1. The molecular weight excluding hydrogens is 362 g/mol. The number of para-hydroxylation sites is 2. The summed E-state index contributed by atoms with van der Waals surface area (Å²) in [6, 6.07) is 8.17. The lowest BCUT2D eigenvalue weighted by atomic mass is 10.0. The number of H-pyrrole nitrogens is 1. The molecule has 27 heavy (non-hydrogen) atoms. The van der Waals surface area contributed by atoms with Gasteiger partial charge in [-0.05, 0) is 31.9 Å². The van der Waals surface area contributed by atoms with Gasteiger partial charge in [-0.1, -0.05) is 18.6 Å². The van der Waals surface area contributed by atoms with Crippen LogP contribution < -0.4 is 16.0 Å². The molecule has 7 nitrogen and oxygen atoms in total. The van der Waals surface area contributed by atoms with Crippen molar-refractivity contribution in [2.24, 2.45) is 0 Å². The number of benzene rings is 1. The lowest BCUT2D eigenvalue weighted by Gasteiger charge is -2.16. The molecule has 144 valence electrons. The molecule has 4 N–H and O–H groups in total. The number of rotatable bonds is 7. The second kappa shape index (κ2) is 7.80. The minimum Gasteiger partial charge on any atom is -0.346 e. The van der Waals surface area contributed by atoms with Crippen LogP contribution in [-0.4, -0.2) is 45.0 Å². The van der Waals surface area contributed by atoms with Crippen molar-refractivity contribution in [1.82, 2.24) is 25.9 Å². The molecule has 1 aromatic heterocycles. The molecule has 4 rings (SSSR count). The lowest BCUT2D eigenvalue weighted by molar-refractivity contribution is -0.121. The summed E-state index contributed by atoms with van der Waals surface area (Å²) in [4.78, 5) is 31.4. The Morgan fingerprint density at radius 2 is 2.19 bits per heavy atom. The summed E-state index contributed by atoms with van der Waals surface area (Å²) in [7, 11) is 0. The van der Waals surface area contributed by atoms with E-state index in [9.17, 15) is 9.59 Å². The molecule has 4 atom stereocenters. The number of amides is 3. The molecule has 2 aromatic rings. The molecule has 0 saturated carbocycles. The number of carbonyl (C=O) groups excluding carboxylic acids is 2. The van der Waals surface area contributed by atoms with E-state index in [-0.39, 0.29) is 30.1 Å². The third-order valence-corrected chi connectivity index (χ3v) is 6.78. The van der Waals surface area contributed by atoms with E-state index < -0.39 is 0 Å². The minimum atomic E-state index is -0.143. The Hall–Kier alpha value is -2.22. The molecular formula is C19H25N5O2S. The van der Waals surface area contributed by atoms with E-state index in [4.69, 9.17) is 0 Å². The van der Waals surface area contributed by atoms with Gasteiger partial charge in [-0.15, -0.1) is 0 Å². The average molecular weight is 388 g/mol. The molecule has 0 unspecified atom stereocenters. The predicted octanol–water partition coefficient (Wildman–Crippen LogP) is 2.47. The molecule has 2 fully saturated rings. The molecule has 2 saturated heterocycles. The zero-order valence-corrected chi connectivity index (χ0v) is 16.1. The highest BCUT2D eigenvalue weighted by atomic mass is 32.2. The summed E-state index contributed by atoms with van der Waals surface area (Å²) in [5.74, 6) is 1.81. The molecule has 0 spiro atoms. The van der Waals surface area contributed by atoms with Crippen LogP contribution in [0.5, 0.6) is 0 Å². The number of urea groups is 1. The summed E-state index contributed by atoms with van der Waals surface area (Å²) in [5, 5.41) is 9.44. The number of hydrogen-bond donors (Lipinski definition) is 4. The largest absolute Gasteiger partial charge is 0.346 e. The van der Waals surface area contributed by atoms with Crippen molar-refractivity contribution in [2.75, 3.05) is 5.75 Å². The Morgan fingerprint density at radius 3 is 3.04 bits per heavy atom. The Balaban J connectivity index is 1.19. The smallest absolute Gasteiger partial charge is 0.315 e. The van der Waals surface area contributed by atoms with E-state index in [1.54, 1.807) is 0 Å². The quantitative estimate of drug-likeness (QED) is 0.433. The van der Waals surface area contributed by atoms with Crippen molar-refractivity contribution in [1.29, 1.82) is 0 Å². The standard InChI is InChI=1S/C19H25N5O2S/c1-11(18-21-12-6-2-3-7-13(12)22-18)20-16(25)9-5-4-8-15-17-14(10-27-15)23-19(26)24-17/h2-3,6-7,11,14-15,17H,4-5,8-10H2,1H3,(H,20,25)(H,21,22)(H2,23,24,26)/t11-,14-,15-,17-/m0/s1. The zero-order valence-electron chi connectivity index (χ0n) is 15.3. The Bertz CT molecular complexity index is 805. The van der Waals surface area contributed by atoms with Gasteiger partial charge >= 0.3 is 6.03 Å². The monoisotopic (exact) mass is 387 g/mol. The van der Waals surface area contributed by atoms with Gasteiger partial charge in [0.1, 0.15) is 5.82 Å². The first kappa shape index (κ1) is 18.2. The Kier molecular flexibility index (Phi) is 5.24. The first-order valence-electron chi connectivity index (χ1n) is 9.53. The van der Waals surface area contributed by atoms with E-state index in [0.717, 1.165) is 41.9 Å². The molecule has 2 aliphatic rings. The Morgan fingerprint density at radius 1 is 1.33 bits per heavy atom. The van der Waals surface area contributed by atoms with Crippen LogP contribution in [0.2, 0.25) is 0 Å². The van der Waals surface area contributed by atoms with E-state index in [1.807, 2.05) is 43.0 Å². The van der Waals surface area contributed by atoms with Gasteiger partial charge in [-0.3, -0.25) is 4.79 Å². The van der Waals surface area contributed by atoms with Gasteiger partial charge in [0.15, 0.2) is 0 Å². The number of aromatic amines is 1. The number of fused-ring (bicyclic) bond motifs is 2. The third-order valence-electron chi connectivity index (χ3n) is 5.28. The van der Waals surface area contributed by atoms with Crippen molar-refractivity contribution in [3.8, 4) is 0 Å². The average Bonchev–Trinajstić information content (AvgIpc) is 3.32. The second-order valence-corrected chi connectivity index (χ2v) is 8.57. The highest BCUT2D eigenvalue weighted by Gasteiger charge is 2.42. The fourth-order valence-corrected chi connectivity index (χ4v) is 5.38. The van der Waals surface area contributed by atoms with Gasteiger partial charge in [-0.2, -0.15) is 11.8 Å². The van der Waals surface area contributed by atoms with Crippen LogP contribution in [0.3, 0.4) is 0 Å². The van der Waals surface area contributed by atoms with E-state index in [0.29, 0.717) is 11.7 Å². The first-order valence-corrected chi connectivity index (χ1v) is 10.6. The molecule has 3 heterocycles. The van der Waals surface area contributed by atoms with E-state index >= 15 is 0 Å². The summed E-state index contributed by atoms with van der Waals surface area (Å²) < 4.78 is 0. The zero-order chi connectivity index (χ0) is 18.8. The summed E-state index contributed by atoms with van der Waals surface area (Å²) in [6.45, 7) is 1.95. The van der Waals surface area contributed by atoms with Gasteiger partial charge in [0.05, 0.1) is 29.2 Å². The molecule has 0 aliphatic carbocycles. The number of carbonyl (C=O) groups is 2. The fraction of sp³-hybridized carbons (Fsp3) is 0.526. The first-order chi connectivity index (χ1) is 13.1. The van der Waals surface area contributed by atoms with Crippen LogP contribution in [0.15, 0.2) is 24.3 Å². The van der Waals surface area contributed by atoms with Crippen LogP contribution in [0, 0.1) is 0 Å². The number of thioether (sulfide) groups is 1. The van der Waals surface area contributed by atoms with E-state index in [1.165, 1.54) is 0 Å². The molecule has 0 bridgehead atoms. The number of unbranched alkanes of at least 4 members (excludes halogenated alkanes) is 1. The van der Waals surface area contributed by atoms with Gasteiger partial charge in [0, 0.05) is 17.4 Å². The highest BCUT2D eigenvalue weighted by molar-refractivity contribution is 8.00. The van der Waals surface area contributed by atoms with Crippen molar-refractivity contribution >= 4 is 34.7 Å². The lowest BCUT2D eigenvalue weighted by Crippen LogP contribution is -2.36. The Labute approximate surface area is 162 Å². The number of aromatic nitrogens is 2. The predicted molar refractivity (Wildman–Crippen MR) is 107 cm³/mol. The van der Waals surface area contributed by atoms with E-state index in [2.05, 4.69) is 25.9 Å². The minimum absolute atomic E-state index is 0.0470. The van der Waals surface area contributed by atoms with Crippen molar-refractivity contribution in [3.05, 3.63) is 30.1 Å². The highest BCUT2D eigenvalue weighted by Crippen LogP contribution is 2.33. The number of hydrogen-bond acceptors (Lipinski definition) is 4. The summed E-state index contributed by atoms with van der Waals surface area (Å²) in [6.07, 6.45) is 3.39. The van der Waals surface area contributed by atoms with Crippen molar-refractivity contribution < 1.29 is 9.59 Å². The molecule has 1 aromatic carbocycles. The topological polar surface area (TPSA) is 98.9 Å². The second-order valence-electron chi connectivity index (χ2n) is 7.30. The molecule has 2 aliphatic heterocycles. The maximum Gasteiger partial charge on any atom is 0.315 e. The molecule has 8 heteroatoms. The van der Waals surface area contributed by atoms with Crippen LogP contribution in [0.4, 0.5) is 4.79 Å². The third kappa shape index (κ3) is 4.05. The van der Waals surface area contributed by atoms with Crippen LogP contribution in [0.1, 0.15) is 44.5 Å². The molecule has 0 radical (unpaired) electrons. The molecule has 3 amide bonds. The fourth-order valence-electron chi connectivity index (χ4n) is 3.83. The maximum atomic E-state index is 12.2. The van der Waals surface area contributed by atoms with Gasteiger partial charge < -0.3 is 20.9 Å². The van der Waals surface area contributed by atoms with Crippen molar-refractivity contribution in [3.63, 3.8) is 0 Å². The van der Waals surface area contributed by atoms with Crippen LogP contribution in [0.25, 0.3) is 11.0 Å².